The number of nitrogens with one attached hydrogen (secondary N) is 1. The molecule has 2 aromatic carbocycles. The quantitative estimate of drug-likeness (QED) is 0.855. The second-order valence-electron chi connectivity index (χ2n) is 6.96. The van der Waals surface area contributed by atoms with Crippen LogP contribution in [0.2, 0.25) is 0 Å². The number of hydrogen-bond donors (Lipinski definition) is 1. The van der Waals surface area contributed by atoms with E-state index in [1.165, 1.54) is 13.1 Å². The standard InChI is InChI=1S/C18H19F3N2O3S/c1-18(2,3)22-27(25,26)16-9-11(5-7-14(16)20)17(24)23(4)12-6-8-13(19)15(21)10-12/h5-10,22H,1-4H3. The molecule has 0 aromatic heterocycles. The molecule has 0 unspecified atom stereocenters. The largest absolute Gasteiger partial charge is 0.311 e. The maximum absolute atomic E-state index is 14.1. The van der Waals surface area contributed by atoms with Gasteiger partial charge in [-0.1, -0.05) is 0 Å². The van der Waals surface area contributed by atoms with Gasteiger partial charge in [0.25, 0.3) is 5.91 Å². The highest BCUT2D eigenvalue weighted by molar-refractivity contribution is 7.89. The van der Waals surface area contributed by atoms with Gasteiger partial charge in [-0.3, -0.25) is 4.79 Å². The van der Waals surface area contributed by atoms with E-state index < -0.39 is 43.8 Å². The van der Waals surface area contributed by atoms with Crippen LogP contribution in [0.25, 0.3) is 0 Å². The van der Waals surface area contributed by atoms with Crippen LogP contribution in [0.4, 0.5) is 18.9 Å². The molecule has 0 aliphatic rings. The molecule has 2 aromatic rings. The highest BCUT2D eigenvalue weighted by Crippen LogP contribution is 2.22. The molecule has 146 valence electrons. The van der Waals surface area contributed by atoms with E-state index in [4.69, 9.17) is 0 Å². The molecular formula is C18H19F3N2O3S. The molecule has 1 N–H and O–H groups in total. The predicted octanol–water partition coefficient (Wildman–Crippen LogP) is 3.46. The molecule has 0 aliphatic carbocycles. The van der Waals surface area contributed by atoms with E-state index in [1.807, 2.05) is 0 Å². The lowest BCUT2D eigenvalue weighted by Gasteiger charge is -2.21. The predicted molar refractivity (Wildman–Crippen MR) is 95.6 cm³/mol. The first-order valence-corrected chi connectivity index (χ1v) is 9.37. The number of sulfonamides is 1. The molecule has 0 aliphatic heterocycles. The van der Waals surface area contributed by atoms with Crippen molar-refractivity contribution in [1.82, 2.24) is 4.72 Å². The van der Waals surface area contributed by atoms with E-state index in [0.29, 0.717) is 0 Å². The fourth-order valence-corrected chi connectivity index (χ4v) is 3.83. The first kappa shape index (κ1) is 20.9. The van der Waals surface area contributed by atoms with Crippen molar-refractivity contribution >= 4 is 21.6 Å². The van der Waals surface area contributed by atoms with Crippen LogP contribution in [-0.4, -0.2) is 26.9 Å². The molecule has 5 nitrogen and oxygen atoms in total. The summed E-state index contributed by atoms with van der Waals surface area (Å²) in [6.45, 7) is 4.77. The lowest BCUT2D eigenvalue weighted by atomic mass is 10.1. The van der Waals surface area contributed by atoms with Crippen molar-refractivity contribution in [2.24, 2.45) is 0 Å². The zero-order valence-corrected chi connectivity index (χ0v) is 16.0. The number of nitrogens with zero attached hydrogens (tertiary/aromatic N) is 1. The fourth-order valence-electron chi connectivity index (χ4n) is 2.30. The number of carbonyl (C=O) groups excluding carboxylic acids is 1. The van der Waals surface area contributed by atoms with Gasteiger partial charge < -0.3 is 4.90 Å². The Morgan fingerprint density at radius 2 is 1.56 bits per heavy atom. The summed E-state index contributed by atoms with van der Waals surface area (Å²) in [6, 6.07) is 5.77. The van der Waals surface area contributed by atoms with Crippen molar-refractivity contribution in [3.05, 3.63) is 59.4 Å². The number of carbonyl (C=O) groups is 1. The number of anilines is 1. The smallest absolute Gasteiger partial charge is 0.258 e. The minimum Gasteiger partial charge on any atom is -0.311 e. The Kier molecular flexibility index (Phi) is 5.67. The molecule has 0 fully saturated rings. The van der Waals surface area contributed by atoms with Crippen LogP contribution in [0.5, 0.6) is 0 Å². The Hall–Kier alpha value is -2.39. The monoisotopic (exact) mass is 400 g/mol. The van der Waals surface area contributed by atoms with Crippen molar-refractivity contribution in [1.29, 1.82) is 0 Å². The Morgan fingerprint density at radius 3 is 2.11 bits per heavy atom. The molecule has 0 heterocycles. The zero-order valence-electron chi connectivity index (χ0n) is 15.2. The molecule has 27 heavy (non-hydrogen) atoms. The average molecular weight is 400 g/mol. The Labute approximate surface area is 155 Å². The van der Waals surface area contributed by atoms with Gasteiger partial charge in [0.1, 0.15) is 10.7 Å². The summed E-state index contributed by atoms with van der Waals surface area (Å²) in [4.78, 5) is 12.9. The van der Waals surface area contributed by atoms with Crippen LogP contribution in [0.3, 0.4) is 0 Å². The molecule has 1 amide bonds. The van der Waals surface area contributed by atoms with Gasteiger partial charge in [0.05, 0.1) is 0 Å². The summed E-state index contributed by atoms with van der Waals surface area (Å²) in [6.07, 6.45) is 0. The fraction of sp³-hybridized carbons (Fsp3) is 0.278. The van der Waals surface area contributed by atoms with Gasteiger partial charge in [0, 0.05) is 29.9 Å². The zero-order chi connectivity index (χ0) is 20.6. The Balaban J connectivity index is 2.42. The minimum absolute atomic E-state index is 0.0560. The first-order valence-electron chi connectivity index (χ1n) is 7.88. The number of benzene rings is 2. The molecule has 0 saturated heterocycles. The SMILES string of the molecule is CN(C(=O)c1ccc(F)c(S(=O)(=O)NC(C)(C)C)c1)c1ccc(F)c(F)c1. The first-order chi connectivity index (χ1) is 12.3. The third-order valence-corrected chi connectivity index (χ3v) is 5.28. The maximum atomic E-state index is 14.1. The molecular weight excluding hydrogens is 381 g/mol. The summed E-state index contributed by atoms with van der Waals surface area (Å²) < 4.78 is 67.6. The Morgan fingerprint density at radius 1 is 0.963 bits per heavy atom. The van der Waals surface area contributed by atoms with E-state index in [2.05, 4.69) is 4.72 Å². The average Bonchev–Trinajstić information content (AvgIpc) is 2.54. The highest BCUT2D eigenvalue weighted by Gasteiger charge is 2.27. The highest BCUT2D eigenvalue weighted by atomic mass is 32.2. The van der Waals surface area contributed by atoms with Crippen LogP contribution in [-0.2, 0) is 10.0 Å². The molecule has 0 spiro atoms. The third-order valence-electron chi connectivity index (χ3n) is 3.50. The topological polar surface area (TPSA) is 66.5 Å². The molecule has 2 rings (SSSR count). The van der Waals surface area contributed by atoms with Crippen molar-refractivity contribution < 1.29 is 26.4 Å². The molecule has 9 heteroatoms. The summed E-state index contributed by atoms with van der Waals surface area (Å²) in [5, 5.41) is 0. The van der Waals surface area contributed by atoms with Gasteiger partial charge in [-0.25, -0.2) is 26.3 Å². The normalized spacial score (nSPS) is 12.1. The molecule has 0 atom stereocenters. The lowest BCUT2D eigenvalue weighted by Crippen LogP contribution is -2.41. The van der Waals surface area contributed by atoms with Crippen LogP contribution in [0, 0.1) is 17.5 Å². The van der Waals surface area contributed by atoms with Gasteiger partial charge in [-0.15, -0.1) is 0 Å². The van der Waals surface area contributed by atoms with Crippen molar-refractivity contribution in [2.45, 2.75) is 31.2 Å². The van der Waals surface area contributed by atoms with Crippen LogP contribution < -0.4 is 9.62 Å². The third kappa shape index (κ3) is 4.86. The molecule has 0 radical (unpaired) electrons. The lowest BCUT2D eigenvalue weighted by molar-refractivity contribution is 0.0992. The maximum Gasteiger partial charge on any atom is 0.258 e. The van der Waals surface area contributed by atoms with Crippen molar-refractivity contribution in [3.8, 4) is 0 Å². The van der Waals surface area contributed by atoms with Gasteiger partial charge in [-0.2, -0.15) is 0 Å². The summed E-state index contributed by atoms with van der Waals surface area (Å²) in [5.41, 5.74) is -0.924. The van der Waals surface area contributed by atoms with E-state index >= 15 is 0 Å². The van der Waals surface area contributed by atoms with Crippen LogP contribution >= 0.6 is 0 Å². The van der Waals surface area contributed by atoms with E-state index in [9.17, 15) is 26.4 Å². The van der Waals surface area contributed by atoms with Gasteiger partial charge in [0.2, 0.25) is 10.0 Å². The molecule has 0 bridgehead atoms. The van der Waals surface area contributed by atoms with Gasteiger partial charge in [0.15, 0.2) is 11.6 Å². The molecule has 0 saturated carbocycles. The number of halogens is 3. The van der Waals surface area contributed by atoms with Crippen LogP contribution in [0.15, 0.2) is 41.3 Å². The minimum atomic E-state index is -4.21. The van der Waals surface area contributed by atoms with E-state index in [-0.39, 0.29) is 11.3 Å². The van der Waals surface area contributed by atoms with E-state index in [0.717, 1.165) is 35.2 Å². The second-order valence-corrected chi connectivity index (χ2v) is 8.61. The summed E-state index contributed by atoms with van der Waals surface area (Å²) >= 11 is 0. The Bertz CT molecular complexity index is 986. The van der Waals surface area contributed by atoms with Crippen molar-refractivity contribution in [3.63, 3.8) is 0 Å². The number of amides is 1. The number of hydrogen-bond acceptors (Lipinski definition) is 3. The van der Waals surface area contributed by atoms with Gasteiger partial charge >= 0.3 is 0 Å². The van der Waals surface area contributed by atoms with E-state index in [1.54, 1.807) is 20.8 Å². The summed E-state index contributed by atoms with van der Waals surface area (Å²) in [5.74, 6) is -3.93. The second kappa shape index (κ2) is 7.32. The van der Waals surface area contributed by atoms with Crippen LogP contribution in [0.1, 0.15) is 31.1 Å². The summed E-state index contributed by atoms with van der Waals surface area (Å²) in [7, 11) is -2.91. The van der Waals surface area contributed by atoms with Crippen molar-refractivity contribution in [2.75, 3.05) is 11.9 Å². The number of rotatable bonds is 4. The van der Waals surface area contributed by atoms with Gasteiger partial charge in [-0.05, 0) is 51.1 Å².